The van der Waals surface area contributed by atoms with E-state index in [1.54, 1.807) is 12.1 Å². The molecule has 0 bridgehead atoms. The maximum Gasteiger partial charge on any atom is 0.337 e. The summed E-state index contributed by atoms with van der Waals surface area (Å²) in [6.45, 7) is 2.08. The highest BCUT2D eigenvalue weighted by Gasteiger charge is 2.14. The molecular formula is C17H17IO3. The van der Waals surface area contributed by atoms with Crippen LogP contribution in [0.1, 0.15) is 35.4 Å². The van der Waals surface area contributed by atoms with Crippen molar-refractivity contribution in [2.24, 2.45) is 0 Å². The summed E-state index contributed by atoms with van der Waals surface area (Å²) in [7, 11) is 1.38. The minimum atomic E-state index is -0.326. The summed E-state index contributed by atoms with van der Waals surface area (Å²) in [5.41, 5.74) is 1.59. The minimum absolute atomic E-state index is 0.0346. The zero-order valence-electron chi connectivity index (χ0n) is 12.0. The first-order valence-corrected chi connectivity index (χ1v) is 7.83. The molecule has 0 N–H and O–H groups in total. The first kappa shape index (κ1) is 15.8. The molecule has 0 aliphatic rings. The second kappa shape index (κ2) is 7.45. The number of halogens is 1. The first-order valence-electron chi connectivity index (χ1n) is 6.75. The SMILES string of the molecule is CCC(Oc1ccccc1I)c1ccc(C(=O)OC)cc1. The number of methoxy groups -OCH3 is 1. The average molecular weight is 396 g/mol. The van der Waals surface area contributed by atoms with Crippen LogP contribution in [0.4, 0.5) is 0 Å². The van der Waals surface area contributed by atoms with Gasteiger partial charge in [-0.1, -0.05) is 31.2 Å². The Balaban J connectivity index is 2.18. The Morgan fingerprint density at radius 2 is 1.81 bits per heavy atom. The molecule has 0 spiro atoms. The van der Waals surface area contributed by atoms with Crippen LogP contribution in [0.25, 0.3) is 0 Å². The molecule has 2 rings (SSSR count). The molecule has 0 heterocycles. The maximum absolute atomic E-state index is 11.4. The molecule has 0 aliphatic carbocycles. The Kier molecular flexibility index (Phi) is 5.61. The van der Waals surface area contributed by atoms with Crippen molar-refractivity contribution in [1.29, 1.82) is 0 Å². The summed E-state index contributed by atoms with van der Waals surface area (Å²) in [5.74, 6) is 0.551. The van der Waals surface area contributed by atoms with E-state index in [1.165, 1.54) is 7.11 Å². The summed E-state index contributed by atoms with van der Waals surface area (Å²) < 4.78 is 11.9. The summed E-state index contributed by atoms with van der Waals surface area (Å²) in [6, 6.07) is 15.3. The summed E-state index contributed by atoms with van der Waals surface area (Å²) in [6.07, 6.45) is 0.815. The van der Waals surface area contributed by atoms with E-state index in [1.807, 2.05) is 36.4 Å². The van der Waals surface area contributed by atoms with Gasteiger partial charge >= 0.3 is 5.97 Å². The zero-order valence-corrected chi connectivity index (χ0v) is 14.2. The summed E-state index contributed by atoms with van der Waals surface area (Å²) >= 11 is 2.26. The highest BCUT2D eigenvalue weighted by molar-refractivity contribution is 14.1. The number of hydrogen-bond donors (Lipinski definition) is 0. The molecule has 1 unspecified atom stereocenters. The number of carbonyl (C=O) groups is 1. The predicted molar refractivity (Wildman–Crippen MR) is 90.6 cm³/mol. The van der Waals surface area contributed by atoms with Gasteiger partial charge in [0.15, 0.2) is 0 Å². The number of carbonyl (C=O) groups excluding carboxylic acids is 1. The van der Waals surface area contributed by atoms with Gasteiger partial charge in [0.2, 0.25) is 0 Å². The molecule has 1 atom stereocenters. The Hall–Kier alpha value is -1.56. The average Bonchev–Trinajstić information content (AvgIpc) is 2.53. The lowest BCUT2D eigenvalue weighted by molar-refractivity contribution is 0.0600. The van der Waals surface area contributed by atoms with E-state index in [0.29, 0.717) is 5.56 Å². The predicted octanol–water partition coefficient (Wildman–Crippen LogP) is 4.61. The van der Waals surface area contributed by atoms with Crippen LogP contribution in [-0.2, 0) is 4.74 Å². The molecule has 0 saturated carbocycles. The van der Waals surface area contributed by atoms with E-state index in [4.69, 9.17) is 9.47 Å². The van der Waals surface area contributed by atoms with Gasteiger partial charge in [0, 0.05) is 0 Å². The molecule has 0 aromatic heterocycles. The Bertz CT molecular complexity index is 608. The summed E-state index contributed by atoms with van der Waals surface area (Å²) in [5, 5.41) is 0. The molecule has 0 amide bonds. The monoisotopic (exact) mass is 396 g/mol. The molecule has 110 valence electrons. The van der Waals surface area contributed by atoms with E-state index in [2.05, 4.69) is 29.5 Å². The number of benzene rings is 2. The number of rotatable bonds is 5. The van der Waals surface area contributed by atoms with E-state index in [-0.39, 0.29) is 12.1 Å². The molecule has 3 nitrogen and oxygen atoms in total. The standard InChI is InChI=1S/C17H17IO3/c1-3-15(21-16-7-5-4-6-14(16)18)12-8-10-13(11-9-12)17(19)20-2/h4-11,15H,3H2,1-2H3. The summed E-state index contributed by atoms with van der Waals surface area (Å²) in [4.78, 5) is 11.4. The fourth-order valence-corrected chi connectivity index (χ4v) is 2.55. The largest absolute Gasteiger partial charge is 0.485 e. The van der Waals surface area contributed by atoms with Crippen molar-refractivity contribution < 1.29 is 14.3 Å². The van der Waals surface area contributed by atoms with Crippen LogP contribution in [-0.4, -0.2) is 13.1 Å². The highest BCUT2D eigenvalue weighted by atomic mass is 127. The minimum Gasteiger partial charge on any atom is -0.485 e. The molecule has 0 fully saturated rings. The van der Waals surface area contributed by atoms with Crippen LogP contribution in [0.5, 0.6) is 5.75 Å². The second-order valence-electron chi connectivity index (χ2n) is 4.56. The van der Waals surface area contributed by atoms with Crippen molar-refractivity contribution in [1.82, 2.24) is 0 Å². The zero-order chi connectivity index (χ0) is 15.2. The normalized spacial score (nSPS) is 11.8. The fraction of sp³-hybridized carbons (Fsp3) is 0.235. The van der Waals surface area contributed by atoms with Crippen molar-refractivity contribution in [2.45, 2.75) is 19.4 Å². The first-order chi connectivity index (χ1) is 10.2. The van der Waals surface area contributed by atoms with Gasteiger partial charge in [-0.2, -0.15) is 0 Å². The number of esters is 1. The van der Waals surface area contributed by atoms with Crippen LogP contribution in [0, 0.1) is 3.57 Å². The van der Waals surface area contributed by atoms with E-state index in [9.17, 15) is 4.79 Å². The lowest BCUT2D eigenvalue weighted by atomic mass is 10.0. The van der Waals surface area contributed by atoms with Gasteiger partial charge in [0.05, 0.1) is 16.2 Å². The fourth-order valence-electron chi connectivity index (χ4n) is 2.03. The van der Waals surface area contributed by atoms with E-state index < -0.39 is 0 Å². The molecule has 21 heavy (non-hydrogen) atoms. The molecule has 2 aromatic rings. The van der Waals surface area contributed by atoms with Crippen molar-refractivity contribution in [3.8, 4) is 5.75 Å². The van der Waals surface area contributed by atoms with Crippen LogP contribution < -0.4 is 4.74 Å². The second-order valence-corrected chi connectivity index (χ2v) is 5.72. The van der Waals surface area contributed by atoms with Gasteiger partial charge in [0.25, 0.3) is 0 Å². The molecule has 2 aromatic carbocycles. The van der Waals surface area contributed by atoms with Crippen LogP contribution in [0.3, 0.4) is 0 Å². The van der Waals surface area contributed by atoms with Gasteiger partial charge in [-0.15, -0.1) is 0 Å². The molecule has 0 aliphatic heterocycles. The third-order valence-electron chi connectivity index (χ3n) is 3.18. The van der Waals surface area contributed by atoms with Crippen LogP contribution >= 0.6 is 22.6 Å². The van der Waals surface area contributed by atoms with Crippen LogP contribution in [0.2, 0.25) is 0 Å². The van der Waals surface area contributed by atoms with Gasteiger partial charge in [-0.05, 0) is 58.8 Å². The van der Waals surface area contributed by atoms with Gasteiger partial charge in [-0.3, -0.25) is 0 Å². The lowest BCUT2D eigenvalue weighted by Crippen LogP contribution is -2.08. The Morgan fingerprint density at radius 1 is 1.14 bits per heavy atom. The number of para-hydroxylation sites is 1. The highest BCUT2D eigenvalue weighted by Crippen LogP contribution is 2.28. The molecule has 0 saturated heterocycles. The van der Waals surface area contributed by atoms with Gasteiger partial charge in [0.1, 0.15) is 11.9 Å². The number of ether oxygens (including phenoxy) is 2. The lowest BCUT2D eigenvalue weighted by Gasteiger charge is -2.19. The van der Waals surface area contributed by atoms with Crippen molar-refractivity contribution in [2.75, 3.05) is 7.11 Å². The molecule has 4 heteroatoms. The molecular weight excluding hydrogens is 379 g/mol. The quantitative estimate of drug-likeness (QED) is 0.547. The van der Waals surface area contributed by atoms with Crippen LogP contribution in [0.15, 0.2) is 48.5 Å². The smallest absolute Gasteiger partial charge is 0.337 e. The number of hydrogen-bond acceptors (Lipinski definition) is 3. The van der Waals surface area contributed by atoms with Gasteiger partial charge in [-0.25, -0.2) is 4.79 Å². The third kappa shape index (κ3) is 3.97. The van der Waals surface area contributed by atoms with E-state index >= 15 is 0 Å². The topological polar surface area (TPSA) is 35.5 Å². The van der Waals surface area contributed by atoms with Crippen molar-refractivity contribution >= 4 is 28.6 Å². The van der Waals surface area contributed by atoms with Crippen molar-refractivity contribution in [3.05, 3.63) is 63.2 Å². The van der Waals surface area contributed by atoms with Gasteiger partial charge < -0.3 is 9.47 Å². The Labute approximate surface area is 138 Å². The molecule has 0 radical (unpaired) electrons. The third-order valence-corrected chi connectivity index (χ3v) is 4.07. The van der Waals surface area contributed by atoms with E-state index in [0.717, 1.165) is 21.3 Å². The maximum atomic E-state index is 11.4. The Morgan fingerprint density at radius 3 is 2.38 bits per heavy atom. The van der Waals surface area contributed by atoms with Crippen molar-refractivity contribution in [3.63, 3.8) is 0 Å².